The van der Waals surface area contributed by atoms with Gasteiger partial charge in [-0.2, -0.15) is 0 Å². The zero-order valence-corrected chi connectivity index (χ0v) is 17.8. The monoisotopic (exact) mass is 478 g/mol. The first kappa shape index (κ1) is 19.1. The molecule has 2 aromatic carbocycles. The molecule has 0 aromatic heterocycles. The predicted octanol–water partition coefficient (Wildman–Crippen LogP) is 4.59. The fourth-order valence-electron chi connectivity index (χ4n) is 3.27. The molecule has 136 valence electrons. The SMILES string of the molecule is CC1CN(C(=O)c2cccc(Br)c2)C(C)CN1C(=O)c1cccc(Br)c1. The molecule has 2 amide bonds. The number of piperazine rings is 1. The maximum atomic E-state index is 12.9. The molecule has 4 nitrogen and oxygen atoms in total. The average molecular weight is 480 g/mol. The molecule has 6 heteroatoms. The third-order valence-corrected chi connectivity index (χ3v) is 5.64. The highest BCUT2D eigenvalue weighted by Gasteiger charge is 2.35. The van der Waals surface area contributed by atoms with Crippen molar-refractivity contribution in [3.63, 3.8) is 0 Å². The highest BCUT2D eigenvalue weighted by atomic mass is 79.9. The molecule has 1 aliphatic rings. The van der Waals surface area contributed by atoms with Gasteiger partial charge in [0.05, 0.1) is 0 Å². The molecular weight excluding hydrogens is 460 g/mol. The molecule has 0 N–H and O–H groups in total. The smallest absolute Gasteiger partial charge is 0.254 e. The minimum atomic E-state index is -0.0474. The number of rotatable bonds is 2. The van der Waals surface area contributed by atoms with Crippen LogP contribution in [-0.4, -0.2) is 46.8 Å². The summed E-state index contributed by atoms with van der Waals surface area (Å²) in [4.78, 5) is 29.5. The number of carbonyl (C=O) groups is 2. The third-order valence-electron chi connectivity index (χ3n) is 4.65. The first-order valence-corrected chi connectivity index (χ1v) is 10.1. The van der Waals surface area contributed by atoms with E-state index in [0.29, 0.717) is 24.2 Å². The summed E-state index contributed by atoms with van der Waals surface area (Å²) in [6.07, 6.45) is 0. The second-order valence-corrected chi connectivity index (χ2v) is 8.47. The number of amides is 2. The lowest BCUT2D eigenvalue weighted by Gasteiger charge is -2.44. The molecule has 1 aliphatic heterocycles. The third kappa shape index (κ3) is 4.01. The van der Waals surface area contributed by atoms with Crippen molar-refractivity contribution < 1.29 is 9.59 Å². The lowest BCUT2D eigenvalue weighted by molar-refractivity contribution is 0.0270. The van der Waals surface area contributed by atoms with E-state index in [1.54, 1.807) is 0 Å². The number of hydrogen-bond acceptors (Lipinski definition) is 2. The van der Waals surface area contributed by atoms with Crippen molar-refractivity contribution in [1.29, 1.82) is 0 Å². The minimum absolute atomic E-state index is 0.000189. The van der Waals surface area contributed by atoms with Crippen LogP contribution in [0.1, 0.15) is 34.6 Å². The van der Waals surface area contributed by atoms with Gasteiger partial charge in [-0.05, 0) is 50.2 Å². The molecule has 2 aromatic rings. The van der Waals surface area contributed by atoms with Crippen LogP contribution in [-0.2, 0) is 0 Å². The Hall–Kier alpha value is -1.66. The van der Waals surface area contributed by atoms with Crippen LogP contribution in [0.2, 0.25) is 0 Å². The molecule has 1 fully saturated rings. The molecule has 1 saturated heterocycles. The van der Waals surface area contributed by atoms with E-state index in [0.717, 1.165) is 8.95 Å². The van der Waals surface area contributed by atoms with E-state index in [1.807, 2.05) is 72.2 Å². The Morgan fingerprint density at radius 1 is 0.808 bits per heavy atom. The van der Waals surface area contributed by atoms with Crippen LogP contribution in [0, 0.1) is 0 Å². The van der Waals surface area contributed by atoms with Gasteiger partial charge in [-0.15, -0.1) is 0 Å². The van der Waals surface area contributed by atoms with E-state index in [1.165, 1.54) is 0 Å². The Kier molecular flexibility index (Phi) is 5.82. The molecule has 1 heterocycles. The van der Waals surface area contributed by atoms with Crippen LogP contribution < -0.4 is 0 Å². The summed E-state index contributed by atoms with van der Waals surface area (Å²) in [5.74, 6) is 0.000379. The molecule has 0 aliphatic carbocycles. The van der Waals surface area contributed by atoms with E-state index in [2.05, 4.69) is 31.9 Å². The summed E-state index contributed by atoms with van der Waals surface area (Å²) < 4.78 is 1.76. The van der Waals surface area contributed by atoms with Crippen LogP contribution in [0.4, 0.5) is 0 Å². The summed E-state index contributed by atoms with van der Waals surface area (Å²) in [5, 5.41) is 0. The average Bonchev–Trinajstić information content (AvgIpc) is 2.62. The number of halogens is 2. The highest BCUT2D eigenvalue weighted by molar-refractivity contribution is 9.10. The molecule has 0 saturated carbocycles. The quantitative estimate of drug-likeness (QED) is 0.632. The van der Waals surface area contributed by atoms with Crippen LogP contribution >= 0.6 is 31.9 Å². The van der Waals surface area contributed by atoms with Crippen molar-refractivity contribution in [3.05, 3.63) is 68.6 Å². The lowest BCUT2D eigenvalue weighted by atomic mass is 10.0. The number of benzene rings is 2. The zero-order chi connectivity index (χ0) is 18.8. The molecule has 0 radical (unpaired) electrons. The fraction of sp³-hybridized carbons (Fsp3) is 0.300. The van der Waals surface area contributed by atoms with E-state index in [4.69, 9.17) is 0 Å². The van der Waals surface area contributed by atoms with Crippen molar-refractivity contribution in [2.24, 2.45) is 0 Å². The Morgan fingerprint density at radius 3 is 1.54 bits per heavy atom. The van der Waals surface area contributed by atoms with Gasteiger partial charge < -0.3 is 9.80 Å². The number of carbonyl (C=O) groups excluding carboxylic acids is 2. The summed E-state index contributed by atoms with van der Waals surface area (Å²) in [7, 11) is 0. The van der Waals surface area contributed by atoms with Crippen molar-refractivity contribution in [2.45, 2.75) is 25.9 Å². The first-order valence-electron chi connectivity index (χ1n) is 8.50. The van der Waals surface area contributed by atoms with Gasteiger partial charge in [0, 0.05) is 45.2 Å². The number of hydrogen-bond donors (Lipinski definition) is 0. The van der Waals surface area contributed by atoms with Crippen LogP contribution in [0.3, 0.4) is 0 Å². The largest absolute Gasteiger partial charge is 0.332 e. The van der Waals surface area contributed by atoms with Gasteiger partial charge in [0.1, 0.15) is 0 Å². The van der Waals surface area contributed by atoms with Crippen LogP contribution in [0.5, 0.6) is 0 Å². The molecule has 2 atom stereocenters. The van der Waals surface area contributed by atoms with E-state index >= 15 is 0 Å². The van der Waals surface area contributed by atoms with E-state index in [-0.39, 0.29) is 23.9 Å². The maximum absolute atomic E-state index is 12.9. The Morgan fingerprint density at radius 2 is 1.19 bits per heavy atom. The van der Waals surface area contributed by atoms with Gasteiger partial charge >= 0.3 is 0 Å². The minimum Gasteiger partial charge on any atom is -0.332 e. The van der Waals surface area contributed by atoms with Crippen LogP contribution in [0.25, 0.3) is 0 Å². The maximum Gasteiger partial charge on any atom is 0.254 e. The zero-order valence-electron chi connectivity index (χ0n) is 14.7. The molecule has 26 heavy (non-hydrogen) atoms. The van der Waals surface area contributed by atoms with E-state index in [9.17, 15) is 9.59 Å². The summed E-state index contributed by atoms with van der Waals surface area (Å²) in [6.45, 7) is 5.02. The Bertz CT molecular complexity index is 771. The van der Waals surface area contributed by atoms with Crippen molar-refractivity contribution in [1.82, 2.24) is 9.80 Å². The molecular formula is C20H20Br2N2O2. The van der Waals surface area contributed by atoms with Gasteiger partial charge in [0.2, 0.25) is 0 Å². The van der Waals surface area contributed by atoms with Crippen molar-refractivity contribution >= 4 is 43.7 Å². The van der Waals surface area contributed by atoms with E-state index < -0.39 is 0 Å². The van der Waals surface area contributed by atoms with Crippen molar-refractivity contribution in [3.8, 4) is 0 Å². The van der Waals surface area contributed by atoms with Gasteiger partial charge in [0.15, 0.2) is 0 Å². The standard InChI is InChI=1S/C20H20Br2N2O2/c1-13-11-24(20(26)16-6-4-8-18(22)10-16)14(2)12-23(13)19(25)15-5-3-7-17(21)9-15/h3-10,13-14H,11-12H2,1-2H3. The topological polar surface area (TPSA) is 40.6 Å². The predicted molar refractivity (Wildman–Crippen MR) is 109 cm³/mol. The lowest BCUT2D eigenvalue weighted by Crippen LogP contribution is -2.59. The molecule has 0 spiro atoms. The summed E-state index contributed by atoms with van der Waals surface area (Å²) >= 11 is 6.83. The van der Waals surface area contributed by atoms with Crippen molar-refractivity contribution in [2.75, 3.05) is 13.1 Å². The Balaban J connectivity index is 1.77. The molecule has 0 bridgehead atoms. The number of nitrogens with zero attached hydrogens (tertiary/aromatic N) is 2. The van der Waals surface area contributed by atoms with Gasteiger partial charge in [0.25, 0.3) is 11.8 Å². The molecule has 3 rings (SSSR count). The summed E-state index contributed by atoms with van der Waals surface area (Å²) in [6, 6.07) is 14.7. The van der Waals surface area contributed by atoms with Gasteiger partial charge in [-0.1, -0.05) is 44.0 Å². The van der Waals surface area contributed by atoms with Gasteiger partial charge in [-0.3, -0.25) is 9.59 Å². The van der Waals surface area contributed by atoms with Crippen LogP contribution in [0.15, 0.2) is 57.5 Å². The molecule has 2 unspecified atom stereocenters. The second-order valence-electron chi connectivity index (χ2n) is 6.63. The fourth-order valence-corrected chi connectivity index (χ4v) is 4.07. The Labute approximate surface area is 170 Å². The van der Waals surface area contributed by atoms with Gasteiger partial charge in [-0.25, -0.2) is 0 Å². The first-order chi connectivity index (χ1) is 12.4. The second kappa shape index (κ2) is 7.92. The summed E-state index contributed by atoms with van der Waals surface area (Å²) in [5.41, 5.74) is 1.32. The normalized spacial score (nSPS) is 20.2. The highest BCUT2D eigenvalue weighted by Crippen LogP contribution is 2.22.